The predicted octanol–water partition coefficient (Wildman–Crippen LogP) is 0.689. The SMILES string of the molecule is CCOc1cccc(C=NCC(C)(C)CN=Cc2cccc(OCC)c2[O-])c1[O-].O.[Co+3].[N-]=C=S.[N-]=C=S.[Na+]. The van der Waals surface area contributed by atoms with Gasteiger partial charge in [-0.3, -0.25) is 9.98 Å². The summed E-state index contributed by atoms with van der Waals surface area (Å²) >= 11 is 7.40. The van der Waals surface area contributed by atoms with Gasteiger partial charge in [-0.1, -0.05) is 74.0 Å². The first-order valence-electron chi connectivity index (χ1n) is 10.6. The quantitative estimate of drug-likeness (QED) is 0.218. The third-order valence-corrected chi connectivity index (χ3v) is 4.12. The van der Waals surface area contributed by atoms with Crippen LogP contribution >= 0.6 is 24.4 Å². The molecule has 0 atom stereocenters. The monoisotopic (exact) mass is 612 g/mol. The van der Waals surface area contributed by atoms with Gasteiger partial charge in [-0.2, -0.15) is 10.3 Å². The van der Waals surface area contributed by atoms with Crippen molar-refractivity contribution in [1.82, 2.24) is 0 Å². The van der Waals surface area contributed by atoms with E-state index in [0.717, 1.165) is 0 Å². The van der Waals surface area contributed by atoms with Crippen molar-refractivity contribution in [3.05, 3.63) is 58.3 Å². The van der Waals surface area contributed by atoms with Crippen LogP contribution in [0.1, 0.15) is 38.8 Å². The van der Waals surface area contributed by atoms with Crippen LogP contribution < -0.4 is 49.2 Å². The minimum atomic E-state index is -0.228. The summed E-state index contributed by atoms with van der Waals surface area (Å²) in [4.78, 5) is 8.84. The van der Waals surface area contributed by atoms with Gasteiger partial charge >= 0.3 is 46.3 Å². The number of hydrogen-bond acceptors (Lipinski definition) is 8. The van der Waals surface area contributed by atoms with E-state index < -0.39 is 0 Å². The maximum absolute atomic E-state index is 12.3. The Labute approximate surface area is 267 Å². The molecule has 0 aliphatic rings. The topological polar surface area (TPSA) is 165 Å². The van der Waals surface area contributed by atoms with Crippen LogP contribution in [0, 0.1) is 5.41 Å². The van der Waals surface area contributed by atoms with Crippen molar-refractivity contribution in [2.24, 2.45) is 15.4 Å². The molecule has 9 nitrogen and oxygen atoms in total. The van der Waals surface area contributed by atoms with E-state index in [1.165, 1.54) is 10.3 Å². The molecule has 0 spiro atoms. The molecule has 0 bridgehead atoms. The van der Waals surface area contributed by atoms with Crippen LogP contribution in [-0.2, 0) is 16.8 Å². The van der Waals surface area contributed by atoms with E-state index >= 15 is 0 Å². The fourth-order valence-electron chi connectivity index (χ4n) is 2.64. The molecular weight excluding hydrogens is 582 g/mol. The van der Waals surface area contributed by atoms with E-state index in [2.05, 4.69) is 34.4 Å². The molecule has 0 fully saturated rings. The van der Waals surface area contributed by atoms with Gasteiger partial charge in [0.15, 0.2) is 0 Å². The Bertz CT molecular complexity index is 979. The Morgan fingerprint density at radius 2 is 1.16 bits per heavy atom. The fraction of sp³-hybridized carbons (Fsp3) is 0.360. The van der Waals surface area contributed by atoms with Gasteiger partial charge in [0.05, 0.1) is 13.2 Å². The smallest absolute Gasteiger partial charge is 0.870 e. The minimum Gasteiger partial charge on any atom is -0.870 e. The first-order valence-corrected chi connectivity index (χ1v) is 11.4. The normalized spacial score (nSPS) is 9.58. The zero-order chi connectivity index (χ0) is 26.7. The van der Waals surface area contributed by atoms with Crippen LogP contribution in [0.4, 0.5) is 0 Å². The zero-order valence-corrected chi connectivity index (χ0v) is 26.7. The summed E-state index contributed by atoms with van der Waals surface area (Å²) in [5.41, 5.74) is 0.770. The van der Waals surface area contributed by atoms with Gasteiger partial charge in [0.1, 0.15) is 11.5 Å². The summed E-state index contributed by atoms with van der Waals surface area (Å²) < 4.78 is 10.7. The molecule has 2 rings (SSSR count). The first kappa shape index (κ1) is 43.1. The molecule has 38 heavy (non-hydrogen) atoms. The van der Waals surface area contributed by atoms with Crippen molar-refractivity contribution in [2.75, 3.05) is 26.3 Å². The molecule has 0 unspecified atom stereocenters. The van der Waals surface area contributed by atoms with Crippen LogP contribution in [0.15, 0.2) is 46.4 Å². The molecule has 0 heterocycles. The van der Waals surface area contributed by atoms with Gasteiger partial charge in [0.25, 0.3) is 0 Å². The molecule has 202 valence electrons. The summed E-state index contributed by atoms with van der Waals surface area (Å²) in [7, 11) is 0. The standard InChI is InChI=1S/C23H30N2O4.2CNS.Co.Na.H2O/c1-5-28-19-11-7-9-17(21(19)26)13-24-15-23(3,4)16-25-14-18-10-8-12-20(22(18)27)29-6-2;2*2-1-3;;;/h7-14,26-27H,5-6,15-16H2,1-4H3;;;;;1H2/q;2*-1;+3;+1;/p-2. The van der Waals surface area contributed by atoms with Gasteiger partial charge in [0.2, 0.25) is 0 Å². The van der Waals surface area contributed by atoms with Crippen molar-refractivity contribution in [2.45, 2.75) is 27.7 Å². The van der Waals surface area contributed by atoms with Crippen LogP contribution in [0.2, 0.25) is 0 Å². The second-order valence-electron chi connectivity index (χ2n) is 7.50. The van der Waals surface area contributed by atoms with E-state index in [-0.39, 0.29) is 68.7 Å². The molecule has 0 radical (unpaired) electrons. The second kappa shape index (κ2) is 25.3. The molecule has 0 saturated heterocycles. The molecule has 0 aliphatic heterocycles. The Morgan fingerprint density at radius 3 is 1.45 bits per heavy atom. The molecule has 2 N–H and O–H groups in total. The van der Waals surface area contributed by atoms with Gasteiger partial charge in [0, 0.05) is 30.9 Å². The molecule has 0 aliphatic carbocycles. The van der Waals surface area contributed by atoms with Crippen LogP contribution in [0.25, 0.3) is 10.8 Å². The van der Waals surface area contributed by atoms with E-state index in [9.17, 15) is 10.2 Å². The average molecular weight is 613 g/mol. The van der Waals surface area contributed by atoms with Gasteiger partial charge in [-0.25, -0.2) is 0 Å². The van der Waals surface area contributed by atoms with Gasteiger partial charge in [-0.15, -0.1) is 0 Å². The summed E-state index contributed by atoms with van der Waals surface area (Å²) in [6, 6.07) is 10.3. The summed E-state index contributed by atoms with van der Waals surface area (Å²) in [6.07, 6.45) is 3.16. The molecule has 0 saturated carbocycles. The molecule has 0 aromatic heterocycles. The van der Waals surface area contributed by atoms with Gasteiger partial charge < -0.3 is 36.0 Å². The van der Waals surface area contributed by atoms with Crippen LogP contribution in [0.5, 0.6) is 23.0 Å². The largest absolute Gasteiger partial charge is 3.00 e. The number of isothiocyanates is 2. The number of rotatable bonds is 10. The number of benzene rings is 2. The van der Waals surface area contributed by atoms with Crippen molar-refractivity contribution < 1.29 is 71.5 Å². The van der Waals surface area contributed by atoms with E-state index in [1.807, 2.05) is 27.7 Å². The fourth-order valence-corrected chi connectivity index (χ4v) is 2.64. The molecule has 0 amide bonds. The Hall–Kier alpha value is -1.95. The van der Waals surface area contributed by atoms with E-state index in [4.69, 9.17) is 20.3 Å². The van der Waals surface area contributed by atoms with Crippen molar-refractivity contribution in [3.63, 3.8) is 0 Å². The third-order valence-electron chi connectivity index (χ3n) is 4.12. The van der Waals surface area contributed by atoms with Crippen LogP contribution in [-0.4, -0.2) is 54.5 Å². The maximum Gasteiger partial charge on any atom is 3.00 e. The number of aliphatic imine (C=N–C) groups is 2. The molecular formula is C25H30CoN4NaO5S2. The number of ether oxygens (including phenoxy) is 2. The number of hydrogen-bond donors (Lipinski definition) is 0. The minimum absolute atomic E-state index is 0. The second-order valence-corrected chi connectivity index (χ2v) is 7.87. The summed E-state index contributed by atoms with van der Waals surface area (Å²) in [5, 5.41) is 41.5. The van der Waals surface area contributed by atoms with Crippen molar-refractivity contribution in [3.8, 4) is 23.0 Å². The molecule has 2 aromatic carbocycles. The average Bonchev–Trinajstić information content (AvgIpc) is 2.80. The Kier molecular flexibility index (Phi) is 28.7. The van der Waals surface area contributed by atoms with E-state index in [1.54, 1.807) is 48.8 Å². The number of nitrogens with zero attached hydrogens (tertiary/aromatic N) is 4. The Balaban J connectivity index is -0.000000586. The Morgan fingerprint density at radius 1 is 0.842 bits per heavy atom. The zero-order valence-electron chi connectivity index (χ0n) is 22.0. The van der Waals surface area contributed by atoms with E-state index in [0.29, 0.717) is 48.9 Å². The molecule has 13 heteroatoms. The third kappa shape index (κ3) is 17.5. The van der Waals surface area contributed by atoms with Gasteiger partial charge in [-0.05, 0) is 37.1 Å². The number of para-hydroxylation sites is 2. The summed E-state index contributed by atoms with van der Waals surface area (Å²) in [6.45, 7) is 9.62. The first-order chi connectivity index (χ1) is 16.7. The maximum atomic E-state index is 12.3. The number of thiocarbonyl (C=S) groups is 2. The summed E-state index contributed by atoms with van der Waals surface area (Å²) in [5.74, 6) is 0.350. The van der Waals surface area contributed by atoms with Crippen molar-refractivity contribution >= 4 is 47.2 Å². The van der Waals surface area contributed by atoms with Crippen molar-refractivity contribution in [1.29, 1.82) is 0 Å². The molecule has 2 aromatic rings. The predicted molar refractivity (Wildman–Crippen MR) is 148 cm³/mol. The van der Waals surface area contributed by atoms with Crippen LogP contribution in [0.3, 0.4) is 0 Å².